The Hall–Kier alpha value is -0.210. The lowest BCUT2D eigenvalue weighted by atomic mass is 9.96. The van der Waals surface area contributed by atoms with Crippen molar-refractivity contribution < 1.29 is 13.0 Å². The number of rotatable bonds is 8. The van der Waals surface area contributed by atoms with Crippen LogP contribution in [0.15, 0.2) is 0 Å². The topological polar surface area (TPSA) is 90.5 Å². The quantitative estimate of drug-likeness (QED) is 0.341. The fraction of sp³-hybridized carbons (Fsp3) is 1.00. The fourth-order valence-electron chi connectivity index (χ4n) is 1.97. The third-order valence-corrected chi connectivity index (χ3v) is 3.61. The zero-order valence-corrected chi connectivity index (χ0v) is 11.2. The normalized spacial score (nSPS) is 15.1. The van der Waals surface area contributed by atoms with Crippen molar-refractivity contribution >= 4 is 10.1 Å². The van der Waals surface area contributed by atoms with Gasteiger partial charge in [-0.3, -0.25) is 4.55 Å². The van der Waals surface area contributed by atoms with Crippen LogP contribution < -0.4 is 16.0 Å². The summed E-state index contributed by atoms with van der Waals surface area (Å²) >= 11 is 0. The first-order valence-electron chi connectivity index (χ1n) is 5.35. The Kier molecular flexibility index (Phi) is 6.42. The summed E-state index contributed by atoms with van der Waals surface area (Å²) in [5, 5.41) is 9.10. The summed E-state index contributed by atoms with van der Waals surface area (Å²) in [6, 6.07) is -0.405. The molecule has 0 bridgehead atoms. The van der Waals surface area contributed by atoms with Crippen molar-refractivity contribution in [3.05, 3.63) is 0 Å². The third-order valence-electron chi connectivity index (χ3n) is 2.86. The molecule has 0 fully saturated rings. The van der Waals surface area contributed by atoms with Crippen molar-refractivity contribution in [2.24, 2.45) is 0 Å². The first kappa shape index (κ1) is 15.8. The highest BCUT2D eigenvalue weighted by Crippen LogP contribution is 2.15. The molecule has 7 heteroatoms. The van der Waals surface area contributed by atoms with E-state index in [2.05, 4.69) is 16.0 Å². The van der Waals surface area contributed by atoms with E-state index in [0.717, 1.165) is 12.8 Å². The maximum atomic E-state index is 10.9. The molecule has 0 heterocycles. The molecule has 0 radical (unpaired) electrons. The molecule has 16 heavy (non-hydrogen) atoms. The summed E-state index contributed by atoms with van der Waals surface area (Å²) in [5.41, 5.74) is -0.542. The SMILES string of the molecule is CCCC(NC)(NC)C(CS(=O)(=O)O)NC. The van der Waals surface area contributed by atoms with Crippen LogP contribution in [0.2, 0.25) is 0 Å². The van der Waals surface area contributed by atoms with E-state index < -0.39 is 21.8 Å². The van der Waals surface area contributed by atoms with E-state index in [0.29, 0.717) is 0 Å². The zero-order chi connectivity index (χ0) is 12.8. The predicted octanol–water partition coefficient (Wildman–Crippen LogP) is -0.603. The van der Waals surface area contributed by atoms with Crippen LogP contribution in [0.4, 0.5) is 0 Å². The highest BCUT2D eigenvalue weighted by Gasteiger charge is 2.36. The van der Waals surface area contributed by atoms with Gasteiger partial charge in [0.05, 0.1) is 17.5 Å². The molecule has 6 nitrogen and oxygen atoms in total. The highest BCUT2D eigenvalue weighted by atomic mass is 32.2. The Morgan fingerprint density at radius 1 is 1.25 bits per heavy atom. The van der Waals surface area contributed by atoms with E-state index in [-0.39, 0.29) is 5.75 Å². The third kappa shape index (κ3) is 4.34. The van der Waals surface area contributed by atoms with Crippen LogP contribution in [-0.4, -0.2) is 51.6 Å². The number of hydrogen-bond donors (Lipinski definition) is 4. The Morgan fingerprint density at radius 3 is 2.00 bits per heavy atom. The lowest BCUT2D eigenvalue weighted by Gasteiger charge is -2.40. The molecule has 0 saturated carbocycles. The van der Waals surface area contributed by atoms with Gasteiger partial charge in [-0.05, 0) is 27.6 Å². The van der Waals surface area contributed by atoms with Crippen molar-refractivity contribution in [2.75, 3.05) is 26.9 Å². The zero-order valence-electron chi connectivity index (χ0n) is 10.4. The van der Waals surface area contributed by atoms with Crippen molar-refractivity contribution in [1.82, 2.24) is 16.0 Å². The van der Waals surface area contributed by atoms with Gasteiger partial charge in [-0.2, -0.15) is 8.42 Å². The first-order valence-corrected chi connectivity index (χ1v) is 6.96. The van der Waals surface area contributed by atoms with E-state index >= 15 is 0 Å². The van der Waals surface area contributed by atoms with Crippen LogP contribution in [0, 0.1) is 0 Å². The van der Waals surface area contributed by atoms with Gasteiger partial charge in [0.1, 0.15) is 0 Å². The van der Waals surface area contributed by atoms with Crippen LogP contribution in [0.1, 0.15) is 19.8 Å². The van der Waals surface area contributed by atoms with Gasteiger partial charge in [0.2, 0.25) is 0 Å². The molecule has 0 rings (SSSR count). The molecule has 0 aliphatic rings. The first-order chi connectivity index (χ1) is 7.35. The van der Waals surface area contributed by atoms with Crippen LogP contribution >= 0.6 is 0 Å². The van der Waals surface area contributed by atoms with E-state index in [1.54, 1.807) is 21.1 Å². The van der Waals surface area contributed by atoms with Crippen molar-refractivity contribution in [3.8, 4) is 0 Å². The van der Waals surface area contributed by atoms with Crippen molar-refractivity contribution in [3.63, 3.8) is 0 Å². The Balaban J connectivity index is 4.97. The molecule has 0 aliphatic carbocycles. The van der Waals surface area contributed by atoms with Crippen LogP contribution in [0.5, 0.6) is 0 Å². The average molecular weight is 253 g/mol. The van der Waals surface area contributed by atoms with Crippen LogP contribution in [-0.2, 0) is 10.1 Å². The lowest BCUT2D eigenvalue weighted by molar-refractivity contribution is 0.207. The predicted molar refractivity (Wildman–Crippen MR) is 65.0 cm³/mol. The fourth-order valence-corrected chi connectivity index (χ4v) is 2.85. The van der Waals surface area contributed by atoms with Gasteiger partial charge in [-0.15, -0.1) is 0 Å². The molecule has 0 amide bonds. The largest absolute Gasteiger partial charge is 0.313 e. The monoisotopic (exact) mass is 253 g/mol. The summed E-state index contributed by atoms with van der Waals surface area (Å²) in [4.78, 5) is 0. The van der Waals surface area contributed by atoms with Gasteiger partial charge in [-0.25, -0.2) is 0 Å². The molecule has 98 valence electrons. The molecule has 4 N–H and O–H groups in total. The molecule has 0 aliphatic heterocycles. The number of nitrogens with one attached hydrogen (secondary N) is 3. The summed E-state index contributed by atoms with van der Waals surface area (Å²) in [7, 11) is 1.20. The minimum absolute atomic E-state index is 0.328. The van der Waals surface area contributed by atoms with Gasteiger partial charge >= 0.3 is 0 Å². The molecule has 1 atom stereocenters. The second-order valence-corrected chi connectivity index (χ2v) is 5.31. The van der Waals surface area contributed by atoms with Gasteiger partial charge in [0.25, 0.3) is 10.1 Å². The summed E-state index contributed by atoms with van der Waals surface area (Å²) in [6.45, 7) is 2.02. The Morgan fingerprint density at radius 2 is 1.75 bits per heavy atom. The van der Waals surface area contributed by atoms with Crippen LogP contribution in [0.3, 0.4) is 0 Å². The molecule has 0 saturated heterocycles. The molecule has 0 aromatic carbocycles. The molecule has 0 aromatic rings. The van der Waals surface area contributed by atoms with Crippen molar-refractivity contribution in [1.29, 1.82) is 0 Å². The summed E-state index contributed by atoms with van der Waals surface area (Å²) < 4.78 is 30.8. The molecule has 0 aromatic heterocycles. The van der Waals surface area contributed by atoms with Gasteiger partial charge in [0.15, 0.2) is 0 Å². The number of likely N-dealkylation sites (N-methyl/N-ethyl adjacent to an activating group) is 3. The minimum atomic E-state index is -4.00. The second-order valence-electron chi connectivity index (χ2n) is 3.81. The molecular formula is C9H23N3O3S. The second kappa shape index (κ2) is 6.51. The van der Waals surface area contributed by atoms with Crippen LogP contribution in [0.25, 0.3) is 0 Å². The number of hydrogen-bond acceptors (Lipinski definition) is 5. The molecule has 0 spiro atoms. The van der Waals surface area contributed by atoms with E-state index in [9.17, 15) is 8.42 Å². The maximum Gasteiger partial charge on any atom is 0.266 e. The molecular weight excluding hydrogens is 230 g/mol. The summed E-state index contributed by atoms with van der Waals surface area (Å²) in [6.07, 6.45) is 1.65. The lowest BCUT2D eigenvalue weighted by Crippen LogP contribution is -2.67. The molecule has 1 unspecified atom stereocenters. The Bertz CT molecular complexity index is 288. The maximum absolute atomic E-state index is 10.9. The summed E-state index contributed by atoms with van der Waals surface area (Å²) in [5.74, 6) is -0.328. The van der Waals surface area contributed by atoms with E-state index in [4.69, 9.17) is 4.55 Å². The average Bonchev–Trinajstić information content (AvgIpc) is 2.22. The van der Waals surface area contributed by atoms with Gasteiger partial charge < -0.3 is 16.0 Å². The standard InChI is InChI=1S/C9H23N3O3S/c1-5-6-9(11-3,12-4)8(10-2)7-16(13,14)15/h8,10-12H,5-7H2,1-4H3,(H,13,14,15). The minimum Gasteiger partial charge on any atom is -0.313 e. The smallest absolute Gasteiger partial charge is 0.266 e. The van der Waals surface area contributed by atoms with E-state index in [1.165, 1.54) is 0 Å². The Labute approximate surface area is 97.9 Å². The van der Waals surface area contributed by atoms with Crippen molar-refractivity contribution in [2.45, 2.75) is 31.5 Å². The van der Waals surface area contributed by atoms with E-state index in [1.807, 2.05) is 6.92 Å². The van der Waals surface area contributed by atoms with Gasteiger partial charge in [0, 0.05) is 0 Å². The highest BCUT2D eigenvalue weighted by molar-refractivity contribution is 7.85. The van der Waals surface area contributed by atoms with Gasteiger partial charge in [-0.1, -0.05) is 13.3 Å².